The van der Waals surface area contributed by atoms with E-state index < -0.39 is 9.84 Å². The van der Waals surface area contributed by atoms with Gasteiger partial charge in [0.1, 0.15) is 0 Å². The molecule has 100 valence electrons. The van der Waals surface area contributed by atoms with Gasteiger partial charge in [0.15, 0.2) is 9.84 Å². The molecule has 1 aliphatic carbocycles. The largest absolute Gasteiger partial charge is 0.317 e. The van der Waals surface area contributed by atoms with Crippen molar-refractivity contribution in [2.24, 2.45) is 5.92 Å². The van der Waals surface area contributed by atoms with Crippen molar-refractivity contribution < 1.29 is 8.42 Å². The minimum Gasteiger partial charge on any atom is -0.317 e. The van der Waals surface area contributed by atoms with Gasteiger partial charge in [0.25, 0.3) is 0 Å². The lowest BCUT2D eigenvalue weighted by Crippen LogP contribution is -2.29. The maximum absolute atomic E-state index is 12.4. The average molecular weight is 259 g/mol. The zero-order valence-corrected chi connectivity index (χ0v) is 11.5. The van der Waals surface area contributed by atoms with E-state index in [9.17, 15) is 8.42 Å². The minimum absolute atomic E-state index is 0.0700. The summed E-state index contributed by atoms with van der Waals surface area (Å²) < 4.78 is 24.8. The van der Waals surface area contributed by atoms with E-state index in [0.29, 0.717) is 11.7 Å². The zero-order chi connectivity index (χ0) is 12.1. The fourth-order valence-corrected chi connectivity index (χ4v) is 5.43. The summed E-state index contributed by atoms with van der Waals surface area (Å²) in [5.41, 5.74) is 0. The molecule has 0 aromatic rings. The summed E-state index contributed by atoms with van der Waals surface area (Å²) in [5.74, 6) is 0.905. The molecule has 1 atom stereocenters. The molecule has 2 fully saturated rings. The third-order valence-corrected chi connectivity index (χ3v) is 6.65. The summed E-state index contributed by atoms with van der Waals surface area (Å²) in [6.45, 7) is 1.85. The summed E-state index contributed by atoms with van der Waals surface area (Å²) in [4.78, 5) is 0. The molecule has 1 aliphatic heterocycles. The van der Waals surface area contributed by atoms with Crippen molar-refractivity contribution in [2.45, 2.75) is 56.6 Å². The molecule has 0 aromatic heterocycles. The monoisotopic (exact) mass is 259 g/mol. The van der Waals surface area contributed by atoms with E-state index in [-0.39, 0.29) is 5.25 Å². The van der Waals surface area contributed by atoms with Gasteiger partial charge in [0.2, 0.25) is 0 Å². The second-order valence-corrected chi connectivity index (χ2v) is 7.96. The van der Waals surface area contributed by atoms with Crippen molar-refractivity contribution in [1.82, 2.24) is 5.32 Å². The minimum atomic E-state index is -2.85. The Bertz CT molecular complexity index is 312. The van der Waals surface area contributed by atoms with Gasteiger partial charge in [-0.25, -0.2) is 8.42 Å². The lowest BCUT2D eigenvalue weighted by Gasteiger charge is -2.24. The van der Waals surface area contributed by atoms with Gasteiger partial charge in [-0.2, -0.15) is 0 Å². The molecular formula is C13H25NO2S. The Labute approximate surface area is 105 Å². The summed E-state index contributed by atoms with van der Waals surface area (Å²) in [6.07, 6.45) is 8.70. The van der Waals surface area contributed by atoms with Gasteiger partial charge in [0, 0.05) is 0 Å². The molecule has 2 rings (SSSR count). The topological polar surface area (TPSA) is 46.2 Å². The first kappa shape index (κ1) is 13.3. The van der Waals surface area contributed by atoms with Gasteiger partial charge in [0.05, 0.1) is 11.0 Å². The molecule has 0 radical (unpaired) electrons. The van der Waals surface area contributed by atoms with Crippen LogP contribution in [0.1, 0.15) is 51.4 Å². The normalized spacial score (nSPS) is 28.8. The molecule has 0 amide bonds. The lowest BCUT2D eigenvalue weighted by molar-refractivity contribution is 0.383. The quantitative estimate of drug-likeness (QED) is 0.844. The van der Waals surface area contributed by atoms with Crippen molar-refractivity contribution >= 4 is 9.84 Å². The standard InChI is InChI=1S/C13H25NO2S/c15-17(16,11-12-5-2-1-3-6-12)13-7-4-9-14-10-8-13/h12-14H,1-11H2. The highest BCUT2D eigenvalue weighted by Gasteiger charge is 2.29. The van der Waals surface area contributed by atoms with Crippen LogP contribution in [0.4, 0.5) is 0 Å². The highest BCUT2D eigenvalue weighted by Crippen LogP contribution is 2.27. The van der Waals surface area contributed by atoms with Crippen LogP contribution in [0.25, 0.3) is 0 Å². The Kier molecular flexibility index (Phi) is 4.86. The smallest absolute Gasteiger partial charge is 0.153 e. The number of rotatable bonds is 3. The van der Waals surface area contributed by atoms with Gasteiger partial charge in [-0.05, 0) is 51.1 Å². The maximum Gasteiger partial charge on any atom is 0.153 e. The molecule has 0 aromatic carbocycles. The molecule has 1 heterocycles. The highest BCUT2D eigenvalue weighted by atomic mass is 32.2. The summed E-state index contributed by atoms with van der Waals surface area (Å²) in [6, 6.07) is 0. The van der Waals surface area contributed by atoms with Crippen LogP contribution in [0.3, 0.4) is 0 Å². The Morgan fingerprint density at radius 1 is 0.882 bits per heavy atom. The molecule has 2 aliphatic rings. The van der Waals surface area contributed by atoms with Crippen LogP contribution >= 0.6 is 0 Å². The Morgan fingerprint density at radius 2 is 1.65 bits per heavy atom. The predicted octanol–water partition coefficient (Wildman–Crippen LogP) is 2.12. The van der Waals surface area contributed by atoms with E-state index in [1.165, 1.54) is 19.3 Å². The van der Waals surface area contributed by atoms with Crippen LogP contribution in [0, 0.1) is 5.92 Å². The molecule has 4 heteroatoms. The lowest BCUT2D eigenvalue weighted by atomic mass is 9.91. The molecule has 0 bridgehead atoms. The molecule has 1 saturated carbocycles. The van der Waals surface area contributed by atoms with Crippen LogP contribution in [0.15, 0.2) is 0 Å². The molecule has 3 nitrogen and oxygen atoms in total. The molecular weight excluding hydrogens is 234 g/mol. The molecule has 1 saturated heterocycles. The van der Waals surface area contributed by atoms with Crippen LogP contribution in [0.2, 0.25) is 0 Å². The van der Waals surface area contributed by atoms with Gasteiger partial charge in [-0.1, -0.05) is 19.3 Å². The van der Waals surface area contributed by atoms with Gasteiger partial charge in [-0.15, -0.1) is 0 Å². The van der Waals surface area contributed by atoms with Crippen molar-refractivity contribution in [1.29, 1.82) is 0 Å². The van der Waals surface area contributed by atoms with E-state index >= 15 is 0 Å². The molecule has 1 unspecified atom stereocenters. The van der Waals surface area contributed by atoms with E-state index in [4.69, 9.17) is 0 Å². The first-order valence-electron chi connectivity index (χ1n) is 7.11. The first-order valence-corrected chi connectivity index (χ1v) is 8.82. The van der Waals surface area contributed by atoms with Crippen LogP contribution in [-0.4, -0.2) is 32.5 Å². The van der Waals surface area contributed by atoms with Crippen LogP contribution in [-0.2, 0) is 9.84 Å². The second-order valence-electron chi connectivity index (χ2n) is 5.64. The fourth-order valence-electron chi connectivity index (χ4n) is 3.16. The Morgan fingerprint density at radius 3 is 2.41 bits per heavy atom. The third kappa shape index (κ3) is 3.95. The second kappa shape index (κ2) is 6.19. The summed E-state index contributed by atoms with van der Waals surface area (Å²) in [7, 11) is -2.85. The zero-order valence-electron chi connectivity index (χ0n) is 10.7. The molecule has 1 N–H and O–H groups in total. The fraction of sp³-hybridized carbons (Fsp3) is 1.00. The highest BCUT2D eigenvalue weighted by molar-refractivity contribution is 7.92. The maximum atomic E-state index is 12.4. The Balaban J connectivity index is 1.91. The van der Waals surface area contributed by atoms with E-state index in [2.05, 4.69) is 5.32 Å². The van der Waals surface area contributed by atoms with E-state index in [0.717, 1.165) is 45.2 Å². The van der Waals surface area contributed by atoms with Gasteiger partial charge in [-0.3, -0.25) is 0 Å². The number of sulfone groups is 1. The SMILES string of the molecule is O=S(=O)(CC1CCCCC1)C1CCCNCC1. The van der Waals surface area contributed by atoms with Crippen LogP contribution < -0.4 is 5.32 Å². The number of hydrogen-bond acceptors (Lipinski definition) is 3. The third-order valence-electron chi connectivity index (χ3n) is 4.22. The number of nitrogens with one attached hydrogen (secondary N) is 1. The van der Waals surface area contributed by atoms with Gasteiger partial charge >= 0.3 is 0 Å². The van der Waals surface area contributed by atoms with Gasteiger partial charge < -0.3 is 5.32 Å². The molecule has 0 spiro atoms. The summed E-state index contributed by atoms with van der Waals surface area (Å²) in [5, 5.41) is 3.22. The van der Waals surface area contributed by atoms with E-state index in [1.807, 2.05) is 0 Å². The summed E-state index contributed by atoms with van der Waals surface area (Å²) >= 11 is 0. The number of hydrogen-bond donors (Lipinski definition) is 1. The van der Waals surface area contributed by atoms with E-state index in [1.54, 1.807) is 0 Å². The average Bonchev–Trinajstić information content (AvgIpc) is 2.58. The predicted molar refractivity (Wildman–Crippen MR) is 70.9 cm³/mol. The van der Waals surface area contributed by atoms with Crippen molar-refractivity contribution in [3.05, 3.63) is 0 Å². The first-order chi connectivity index (χ1) is 8.18. The van der Waals surface area contributed by atoms with Crippen molar-refractivity contribution in [2.75, 3.05) is 18.8 Å². The van der Waals surface area contributed by atoms with Crippen molar-refractivity contribution in [3.63, 3.8) is 0 Å². The molecule has 17 heavy (non-hydrogen) atoms. The van der Waals surface area contributed by atoms with Crippen LogP contribution in [0.5, 0.6) is 0 Å². The van der Waals surface area contributed by atoms with Crippen molar-refractivity contribution in [3.8, 4) is 0 Å². The Hall–Kier alpha value is -0.0900.